The molecule has 2 atom stereocenters. The highest BCUT2D eigenvalue weighted by molar-refractivity contribution is 7.99. The zero-order valence-corrected chi connectivity index (χ0v) is 12.9. The van der Waals surface area contributed by atoms with E-state index in [2.05, 4.69) is 5.32 Å². The molecule has 2 fully saturated rings. The lowest BCUT2D eigenvalue weighted by Gasteiger charge is -2.30. The van der Waals surface area contributed by atoms with Crippen LogP contribution in [-0.2, 0) is 9.59 Å². The summed E-state index contributed by atoms with van der Waals surface area (Å²) in [6.07, 6.45) is 3.13. The minimum Gasteiger partial charge on any atom is -0.480 e. The lowest BCUT2D eigenvalue weighted by molar-refractivity contribution is -0.140. The summed E-state index contributed by atoms with van der Waals surface area (Å²) >= 11 is 1.40. The Morgan fingerprint density at radius 1 is 1.24 bits per heavy atom. The number of aliphatic carboxylic acids is 1. The van der Waals surface area contributed by atoms with Crippen LogP contribution in [-0.4, -0.2) is 69.6 Å². The summed E-state index contributed by atoms with van der Waals surface area (Å²) in [5.41, 5.74) is 0. The van der Waals surface area contributed by atoms with Crippen LogP contribution in [0.5, 0.6) is 0 Å². The highest BCUT2D eigenvalue weighted by Gasteiger charge is 2.36. The number of likely N-dealkylation sites (tertiary alicyclic amines) is 1. The topological polar surface area (TPSA) is 90.0 Å². The molecule has 0 aliphatic carbocycles. The van der Waals surface area contributed by atoms with E-state index in [1.165, 1.54) is 16.7 Å². The number of carboxylic acids is 1. The number of nitrogens with one attached hydrogen (secondary N) is 1. The molecule has 0 spiro atoms. The SMILES string of the molecule is CC(NC(=O)N1CSCC1C(=O)O)C(=O)N1CCCCC1. The van der Waals surface area contributed by atoms with Crippen molar-refractivity contribution in [2.45, 2.75) is 38.3 Å². The van der Waals surface area contributed by atoms with Crippen LogP contribution in [0.2, 0.25) is 0 Å². The van der Waals surface area contributed by atoms with Crippen molar-refractivity contribution in [2.75, 3.05) is 24.7 Å². The van der Waals surface area contributed by atoms with E-state index in [4.69, 9.17) is 5.11 Å². The molecule has 2 N–H and O–H groups in total. The molecule has 21 heavy (non-hydrogen) atoms. The number of hydrogen-bond acceptors (Lipinski definition) is 4. The Balaban J connectivity index is 1.89. The molecule has 2 aliphatic heterocycles. The van der Waals surface area contributed by atoms with Crippen LogP contribution in [0.15, 0.2) is 0 Å². The minimum absolute atomic E-state index is 0.0956. The van der Waals surface area contributed by atoms with Crippen molar-refractivity contribution in [3.63, 3.8) is 0 Å². The van der Waals surface area contributed by atoms with Crippen LogP contribution in [0.4, 0.5) is 4.79 Å². The number of rotatable bonds is 3. The van der Waals surface area contributed by atoms with Gasteiger partial charge in [0.15, 0.2) is 0 Å². The number of amides is 3. The van der Waals surface area contributed by atoms with Crippen LogP contribution in [0.3, 0.4) is 0 Å². The Morgan fingerprint density at radius 3 is 2.52 bits per heavy atom. The Labute approximate surface area is 128 Å². The van der Waals surface area contributed by atoms with Gasteiger partial charge < -0.3 is 20.2 Å². The molecular formula is C13H21N3O4S. The standard InChI is InChI=1S/C13H21N3O4S/c1-9(11(17)15-5-3-2-4-6-15)14-13(20)16-8-21-7-10(16)12(18)19/h9-10H,2-8H2,1H3,(H,14,20)(H,18,19). The molecule has 3 amide bonds. The van der Waals surface area contributed by atoms with E-state index < -0.39 is 24.1 Å². The number of carbonyl (C=O) groups excluding carboxylic acids is 2. The van der Waals surface area contributed by atoms with E-state index in [0.717, 1.165) is 32.4 Å². The van der Waals surface area contributed by atoms with Gasteiger partial charge in [0.05, 0.1) is 5.88 Å². The van der Waals surface area contributed by atoms with Crippen molar-refractivity contribution in [3.8, 4) is 0 Å². The highest BCUT2D eigenvalue weighted by Crippen LogP contribution is 2.21. The predicted molar refractivity (Wildman–Crippen MR) is 79.0 cm³/mol. The molecule has 0 bridgehead atoms. The van der Waals surface area contributed by atoms with Crippen molar-refractivity contribution >= 4 is 29.7 Å². The largest absolute Gasteiger partial charge is 0.480 e. The van der Waals surface area contributed by atoms with Gasteiger partial charge in [0, 0.05) is 18.8 Å². The molecule has 2 heterocycles. The molecule has 0 radical (unpaired) electrons. The summed E-state index contributed by atoms with van der Waals surface area (Å²) < 4.78 is 0. The molecule has 2 saturated heterocycles. The molecule has 2 aliphatic rings. The van der Waals surface area contributed by atoms with Crippen molar-refractivity contribution in [1.29, 1.82) is 0 Å². The second-order valence-electron chi connectivity index (χ2n) is 5.38. The molecule has 2 unspecified atom stereocenters. The molecule has 0 aromatic carbocycles. The van der Waals surface area contributed by atoms with E-state index >= 15 is 0 Å². The van der Waals surface area contributed by atoms with Gasteiger partial charge in [-0.25, -0.2) is 9.59 Å². The third kappa shape index (κ3) is 3.81. The Hall–Kier alpha value is -1.44. The first-order chi connectivity index (χ1) is 10.0. The van der Waals surface area contributed by atoms with Crippen molar-refractivity contribution in [3.05, 3.63) is 0 Å². The van der Waals surface area contributed by atoms with E-state index in [1.54, 1.807) is 11.8 Å². The zero-order chi connectivity index (χ0) is 15.4. The van der Waals surface area contributed by atoms with Crippen LogP contribution < -0.4 is 5.32 Å². The molecule has 118 valence electrons. The Bertz CT molecular complexity index is 426. The molecule has 0 aromatic heterocycles. The predicted octanol–water partition coefficient (Wildman–Crippen LogP) is 0.556. The monoisotopic (exact) mass is 315 g/mol. The van der Waals surface area contributed by atoms with Crippen LogP contribution in [0.25, 0.3) is 0 Å². The Kier molecular flexibility index (Phi) is 5.33. The third-order valence-electron chi connectivity index (χ3n) is 3.81. The van der Waals surface area contributed by atoms with Gasteiger partial charge in [-0.15, -0.1) is 11.8 Å². The van der Waals surface area contributed by atoms with Gasteiger partial charge in [0.1, 0.15) is 12.1 Å². The fraction of sp³-hybridized carbons (Fsp3) is 0.769. The maximum absolute atomic E-state index is 12.2. The average molecular weight is 315 g/mol. The summed E-state index contributed by atoms with van der Waals surface area (Å²) in [5.74, 6) is -0.378. The number of carboxylic acid groups (broad SMARTS) is 1. The van der Waals surface area contributed by atoms with Crippen molar-refractivity contribution < 1.29 is 19.5 Å². The molecular weight excluding hydrogens is 294 g/mol. The average Bonchev–Trinajstić information content (AvgIpc) is 2.97. The van der Waals surface area contributed by atoms with E-state index in [0.29, 0.717) is 11.6 Å². The first-order valence-electron chi connectivity index (χ1n) is 7.17. The van der Waals surface area contributed by atoms with Crippen LogP contribution >= 0.6 is 11.8 Å². The van der Waals surface area contributed by atoms with Crippen molar-refractivity contribution in [1.82, 2.24) is 15.1 Å². The third-order valence-corrected chi connectivity index (χ3v) is 4.82. The van der Waals surface area contributed by atoms with Gasteiger partial charge >= 0.3 is 12.0 Å². The Morgan fingerprint density at radius 2 is 1.90 bits per heavy atom. The van der Waals surface area contributed by atoms with Gasteiger partial charge in [-0.05, 0) is 26.2 Å². The summed E-state index contributed by atoms with van der Waals surface area (Å²) in [4.78, 5) is 38.5. The normalized spacial score (nSPS) is 23.8. The van der Waals surface area contributed by atoms with E-state index in [-0.39, 0.29) is 5.91 Å². The van der Waals surface area contributed by atoms with Crippen LogP contribution in [0.1, 0.15) is 26.2 Å². The zero-order valence-electron chi connectivity index (χ0n) is 12.1. The van der Waals surface area contributed by atoms with Crippen molar-refractivity contribution in [2.24, 2.45) is 0 Å². The van der Waals surface area contributed by atoms with Gasteiger partial charge in [-0.1, -0.05) is 0 Å². The van der Waals surface area contributed by atoms with Gasteiger partial charge in [-0.3, -0.25) is 4.79 Å². The number of hydrogen-bond donors (Lipinski definition) is 2. The molecule has 0 aromatic rings. The smallest absolute Gasteiger partial charge is 0.327 e. The van der Waals surface area contributed by atoms with Gasteiger partial charge in [-0.2, -0.15) is 0 Å². The lowest BCUT2D eigenvalue weighted by Crippen LogP contribution is -2.54. The fourth-order valence-corrected chi connectivity index (χ4v) is 3.71. The number of urea groups is 1. The second-order valence-corrected chi connectivity index (χ2v) is 6.38. The maximum Gasteiger partial charge on any atom is 0.327 e. The number of thioether (sulfide) groups is 1. The van der Waals surface area contributed by atoms with Gasteiger partial charge in [0.2, 0.25) is 5.91 Å². The first-order valence-corrected chi connectivity index (χ1v) is 8.32. The quantitative estimate of drug-likeness (QED) is 0.794. The molecule has 7 nitrogen and oxygen atoms in total. The number of piperidine rings is 1. The molecule has 8 heteroatoms. The number of nitrogens with zero attached hydrogens (tertiary/aromatic N) is 2. The molecule has 2 rings (SSSR count). The fourth-order valence-electron chi connectivity index (χ4n) is 2.57. The summed E-state index contributed by atoms with van der Waals surface area (Å²) in [7, 11) is 0. The highest BCUT2D eigenvalue weighted by atomic mass is 32.2. The van der Waals surface area contributed by atoms with Gasteiger partial charge in [0.25, 0.3) is 0 Å². The lowest BCUT2D eigenvalue weighted by atomic mass is 10.1. The van der Waals surface area contributed by atoms with E-state index in [1.807, 2.05) is 0 Å². The minimum atomic E-state index is -1.01. The number of carbonyl (C=O) groups is 3. The summed E-state index contributed by atoms with van der Waals surface area (Å²) in [6.45, 7) is 3.11. The molecule has 0 saturated carbocycles. The summed E-state index contributed by atoms with van der Waals surface area (Å²) in [6, 6.07) is -1.92. The van der Waals surface area contributed by atoms with E-state index in [9.17, 15) is 14.4 Å². The van der Waals surface area contributed by atoms with Crippen LogP contribution in [0, 0.1) is 0 Å². The summed E-state index contributed by atoms with van der Waals surface area (Å²) in [5, 5.41) is 11.7. The maximum atomic E-state index is 12.2. The first kappa shape index (κ1) is 15.9. The second kappa shape index (κ2) is 7.02.